The van der Waals surface area contributed by atoms with Crippen molar-refractivity contribution in [1.29, 1.82) is 0 Å². The Kier molecular flexibility index (Phi) is 3.98. The number of aromatic nitrogens is 1. The van der Waals surface area contributed by atoms with E-state index in [2.05, 4.69) is 33.1 Å². The molecule has 0 bridgehead atoms. The fourth-order valence-electron chi connectivity index (χ4n) is 2.78. The molecule has 3 nitrogen and oxygen atoms in total. The van der Waals surface area contributed by atoms with Crippen LogP contribution < -0.4 is 10.6 Å². The Morgan fingerprint density at radius 1 is 1.20 bits per heavy atom. The number of anilines is 1. The SMILES string of the molecule is S=C(Nc1ccncc1)NC1(c2cccs2)CCCC1. The Hall–Kier alpha value is -1.46. The Morgan fingerprint density at radius 2 is 1.95 bits per heavy atom. The highest BCUT2D eigenvalue weighted by molar-refractivity contribution is 7.80. The van der Waals surface area contributed by atoms with Crippen LogP contribution in [0.3, 0.4) is 0 Å². The third kappa shape index (κ3) is 2.83. The first-order valence-electron chi connectivity index (χ1n) is 6.82. The second-order valence-electron chi connectivity index (χ2n) is 5.08. The number of hydrogen-bond acceptors (Lipinski definition) is 3. The average Bonchev–Trinajstić information content (AvgIpc) is 3.10. The Balaban J connectivity index is 1.73. The van der Waals surface area contributed by atoms with Gasteiger partial charge in [-0.3, -0.25) is 4.98 Å². The summed E-state index contributed by atoms with van der Waals surface area (Å²) >= 11 is 7.29. The summed E-state index contributed by atoms with van der Waals surface area (Å²) < 4.78 is 0. The Morgan fingerprint density at radius 3 is 2.60 bits per heavy atom. The van der Waals surface area contributed by atoms with Gasteiger partial charge in [-0.1, -0.05) is 18.9 Å². The minimum Gasteiger partial charge on any atom is -0.352 e. The first-order valence-corrected chi connectivity index (χ1v) is 8.10. The van der Waals surface area contributed by atoms with Crippen molar-refractivity contribution in [2.45, 2.75) is 31.2 Å². The summed E-state index contributed by atoms with van der Waals surface area (Å²) in [4.78, 5) is 5.39. The Bertz CT molecular complexity index is 560. The maximum absolute atomic E-state index is 5.48. The molecule has 1 saturated carbocycles. The van der Waals surface area contributed by atoms with Crippen LogP contribution in [-0.4, -0.2) is 10.1 Å². The predicted octanol–water partition coefficient (Wildman–Crippen LogP) is 3.90. The second-order valence-corrected chi connectivity index (χ2v) is 6.44. The van der Waals surface area contributed by atoms with Crippen molar-refractivity contribution in [1.82, 2.24) is 10.3 Å². The standard InChI is InChI=1S/C15H17N3S2/c19-14(17-12-5-9-16-10-6-12)18-15(7-1-2-8-15)13-4-3-11-20-13/h3-6,9-11H,1-2,7-8H2,(H2,16,17,18,19). The van der Waals surface area contributed by atoms with E-state index in [0.717, 1.165) is 18.5 Å². The monoisotopic (exact) mass is 303 g/mol. The molecule has 0 atom stereocenters. The number of nitrogens with zero attached hydrogens (tertiary/aromatic N) is 1. The van der Waals surface area contributed by atoms with Crippen LogP contribution in [0.2, 0.25) is 0 Å². The molecule has 2 aromatic rings. The van der Waals surface area contributed by atoms with Crippen molar-refractivity contribution in [2.24, 2.45) is 0 Å². The Labute approximate surface area is 128 Å². The molecule has 0 aromatic carbocycles. The molecule has 1 aliphatic carbocycles. The number of hydrogen-bond donors (Lipinski definition) is 2. The van der Waals surface area contributed by atoms with E-state index in [1.165, 1.54) is 17.7 Å². The molecule has 0 saturated heterocycles. The number of rotatable bonds is 3. The molecule has 104 valence electrons. The molecule has 0 unspecified atom stereocenters. The van der Waals surface area contributed by atoms with E-state index < -0.39 is 0 Å². The van der Waals surface area contributed by atoms with Crippen LogP contribution >= 0.6 is 23.6 Å². The summed E-state index contributed by atoms with van der Waals surface area (Å²) in [6.45, 7) is 0. The molecule has 3 rings (SSSR count). The fourth-order valence-corrected chi connectivity index (χ4v) is 4.03. The molecule has 0 spiro atoms. The van der Waals surface area contributed by atoms with Gasteiger partial charge in [-0.15, -0.1) is 11.3 Å². The summed E-state index contributed by atoms with van der Waals surface area (Å²) in [5, 5.41) is 9.62. The van der Waals surface area contributed by atoms with Crippen LogP contribution in [0.4, 0.5) is 5.69 Å². The zero-order valence-corrected chi connectivity index (χ0v) is 12.8. The highest BCUT2D eigenvalue weighted by atomic mass is 32.1. The van der Waals surface area contributed by atoms with Gasteiger partial charge in [0, 0.05) is 23.0 Å². The molecule has 2 heterocycles. The quantitative estimate of drug-likeness (QED) is 0.843. The average molecular weight is 303 g/mol. The molecule has 0 radical (unpaired) electrons. The number of thiocarbonyl (C=S) groups is 1. The van der Waals surface area contributed by atoms with E-state index in [9.17, 15) is 0 Å². The molecule has 0 amide bonds. The van der Waals surface area contributed by atoms with Gasteiger partial charge in [0.1, 0.15) is 0 Å². The van der Waals surface area contributed by atoms with Gasteiger partial charge in [0.25, 0.3) is 0 Å². The molecule has 2 aromatic heterocycles. The van der Waals surface area contributed by atoms with Crippen LogP contribution in [-0.2, 0) is 5.54 Å². The normalized spacial score (nSPS) is 16.8. The molecular formula is C15H17N3S2. The van der Waals surface area contributed by atoms with Gasteiger partial charge in [-0.05, 0) is 48.6 Å². The van der Waals surface area contributed by atoms with Crippen LogP contribution in [0.1, 0.15) is 30.6 Å². The molecular weight excluding hydrogens is 286 g/mol. The summed E-state index contributed by atoms with van der Waals surface area (Å²) in [5.74, 6) is 0. The van der Waals surface area contributed by atoms with E-state index in [1.807, 2.05) is 23.5 Å². The minimum atomic E-state index is 0.0191. The second kappa shape index (κ2) is 5.89. The van der Waals surface area contributed by atoms with Crippen LogP contribution in [0, 0.1) is 0 Å². The first kappa shape index (κ1) is 13.5. The summed E-state index contributed by atoms with van der Waals surface area (Å²) in [6, 6.07) is 8.15. The number of thiophene rings is 1. The maximum atomic E-state index is 5.48. The number of nitrogens with one attached hydrogen (secondary N) is 2. The lowest BCUT2D eigenvalue weighted by molar-refractivity contribution is 0.417. The molecule has 0 aliphatic heterocycles. The zero-order chi connectivity index (χ0) is 13.8. The smallest absolute Gasteiger partial charge is 0.171 e. The van der Waals surface area contributed by atoms with E-state index in [0.29, 0.717) is 5.11 Å². The zero-order valence-electron chi connectivity index (χ0n) is 11.1. The summed E-state index contributed by atoms with van der Waals surface area (Å²) in [6.07, 6.45) is 8.31. The third-order valence-corrected chi connectivity index (χ3v) is 5.02. The van der Waals surface area contributed by atoms with Crippen molar-refractivity contribution in [2.75, 3.05) is 5.32 Å². The lowest BCUT2D eigenvalue weighted by Gasteiger charge is -2.31. The number of pyridine rings is 1. The molecule has 1 aliphatic rings. The lowest BCUT2D eigenvalue weighted by atomic mass is 9.96. The van der Waals surface area contributed by atoms with Gasteiger partial charge in [-0.2, -0.15) is 0 Å². The largest absolute Gasteiger partial charge is 0.352 e. The van der Waals surface area contributed by atoms with Gasteiger partial charge in [0.05, 0.1) is 5.54 Å². The van der Waals surface area contributed by atoms with Gasteiger partial charge >= 0.3 is 0 Å². The highest BCUT2D eigenvalue weighted by Crippen LogP contribution is 2.40. The van der Waals surface area contributed by atoms with Crippen molar-refractivity contribution in [3.05, 3.63) is 46.9 Å². The van der Waals surface area contributed by atoms with Gasteiger partial charge in [0.15, 0.2) is 5.11 Å². The minimum absolute atomic E-state index is 0.0191. The van der Waals surface area contributed by atoms with Gasteiger partial charge < -0.3 is 10.6 Å². The van der Waals surface area contributed by atoms with Crippen molar-refractivity contribution in [3.8, 4) is 0 Å². The molecule has 20 heavy (non-hydrogen) atoms. The van der Waals surface area contributed by atoms with Crippen LogP contribution in [0.25, 0.3) is 0 Å². The van der Waals surface area contributed by atoms with E-state index in [4.69, 9.17) is 12.2 Å². The molecule has 5 heteroatoms. The maximum Gasteiger partial charge on any atom is 0.171 e. The van der Waals surface area contributed by atoms with Crippen molar-refractivity contribution in [3.63, 3.8) is 0 Å². The molecule has 2 N–H and O–H groups in total. The predicted molar refractivity (Wildman–Crippen MR) is 88.1 cm³/mol. The summed E-state index contributed by atoms with van der Waals surface area (Å²) in [7, 11) is 0. The van der Waals surface area contributed by atoms with Crippen LogP contribution in [0.5, 0.6) is 0 Å². The van der Waals surface area contributed by atoms with Crippen molar-refractivity contribution < 1.29 is 0 Å². The lowest BCUT2D eigenvalue weighted by Crippen LogP contribution is -2.45. The van der Waals surface area contributed by atoms with E-state index in [1.54, 1.807) is 12.4 Å². The molecule has 1 fully saturated rings. The van der Waals surface area contributed by atoms with Gasteiger partial charge in [0.2, 0.25) is 0 Å². The van der Waals surface area contributed by atoms with E-state index in [-0.39, 0.29) is 5.54 Å². The van der Waals surface area contributed by atoms with Crippen molar-refractivity contribution >= 4 is 34.4 Å². The highest BCUT2D eigenvalue weighted by Gasteiger charge is 2.37. The third-order valence-electron chi connectivity index (χ3n) is 3.74. The fraction of sp³-hybridized carbons (Fsp3) is 0.333. The summed E-state index contributed by atoms with van der Waals surface area (Å²) in [5.41, 5.74) is 0.988. The van der Waals surface area contributed by atoms with E-state index >= 15 is 0 Å². The topological polar surface area (TPSA) is 37.0 Å². The van der Waals surface area contributed by atoms with Gasteiger partial charge in [-0.25, -0.2) is 0 Å². The first-order chi connectivity index (χ1) is 9.78. The van der Waals surface area contributed by atoms with Crippen LogP contribution in [0.15, 0.2) is 42.0 Å².